The number of thiocarbonyl (C=S) groups is 2. The minimum absolute atomic E-state index is 0.0221. The Balaban J connectivity index is 1.49. The molecule has 2 aliphatic carbocycles. The zero-order valence-corrected chi connectivity index (χ0v) is 19.7. The number of nitrogens with zero attached hydrogens (tertiary/aromatic N) is 2. The quantitative estimate of drug-likeness (QED) is 0.532. The smallest absolute Gasteiger partial charge is 0.259 e. The van der Waals surface area contributed by atoms with Crippen LogP contribution in [0.25, 0.3) is 10.8 Å². The van der Waals surface area contributed by atoms with E-state index in [9.17, 15) is 9.59 Å². The first-order valence-corrected chi connectivity index (χ1v) is 12.7. The summed E-state index contributed by atoms with van der Waals surface area (Å²) in [7, 11) is 0. The number of carbonyl (C=O) groups excluding carboxylic acids is 2. The second-order valence-corrected chi connectivity index (χ2v) is 10.4. The van der Waals surface area contributed by atoms with E-state index in [2.05, 4.69) is 0 Å². The van der Waals surface area contributed by atoms with E-state index in [0.717, 1.165) is 73.3 Å². The predicted octanol–water partition coefficient (Wildman–Crippen LogP) is 5.77. The van der Waals surface area contributed by atoms with E-state index >= 15 is 0 Å². The van der Waals surface area contributed by atoms with Crippen LogP contribution in [0, 0.1) is 0 Å². The molecule has 4 nitrogen and oxygen atoms in total. The van der Waals surface area contributed by atoms with Crippen molar-refractivity contribution < 1.29 is 9.59 Å². The van der Waals surface area contributed by atoms with Gasteiger partial charge in [-0.3, -0.25) is 19.4 Å². The number of hydrogen-bond donors (Lipinski definition) is 0. The molecule has 2 aromatic carbocycles. The lowest BCUT2D eigenvalue weighted by atomic mass is 9.84. The summed E-state index contributed by atoms with van der Waals surface area (Å²) in [4.78, 5) is 32.2. The van der Waals surface area contributed by atoms with Gasteiger partial charge in [0.2, 0.25) is 0 Å². The molecule has 2 amide bonds. The average Bonchev–Trinajstić information content (AvgIpc) is 2.83. The molecular weight excluding hydrogens is 436 g/mol. The summed E-state index contributed by atoms with van der Waals surface area (Å²) in [6, 6.07) is 8.08. The molecule has 2 heterocycles. The van der Waals surface area contributed by atoms with Crippen molar-refractivity contribution >= 4 is 57.0 Å². The van der Waals surface area contributed by atoms with Crippen LogP contribution in [0.15, 0.2) is 24.3 Å². The Hall–Kier alpha value is -2.18. The van der Waals surface area contributed by atoms with E-state index in [-0.39, 0.29) is 23.9 Å². The average molecular weight is 463 g/mol. The molecule has 2 aliphatic heterocycles. The highest BCUT2D eigenvalue weighted by Crippen LogP contribution is 2.41. The highest BCUT2D eigenvalue weighted by Gasteiger charge is 2.41. The second-order valence-electron chi connectivity index (χ2n) is 9.62. The monoisotopic (exact) mass is 462 g/mol. The summed E-state index contributed by atoms with van der Waals surface area (Å²) in [5.41, 5.74) is 3.09. The fourth-order valence-corrected chi connectivity index (χ4v) is 7.06. The van der Waals surface area contributed by atoms with E-state index in [0.29, 0.717) is 21.1 Å². The van der Waals surface area contributed by atoms with Crippen LogP contribution in [0.4, 0.5) is 0 Å². The number of amides is 2. The zero-order chi connectivity index (χ0) is 22.0. The molecule has 0 N–H and O–H groups in total. The molecule has 0 radical (unpaired) electrons. The third-order valence-electron chi connectivity index (χ3n) is 7.84. The van der Waals surface area contributed by atoms with Crippen molar-refractivity contribution in [1.29, 1.82) is 0 Å². The Kier molecular flexibility index (Phi) is 4.92. The molecule has 2 saturated carbocycles. The minimum Gasteiger partial charge on any atom is -0.295 e. The van der Waals surface area contributed by atoms with E-state index in [1.807, 2.05) is 34.1 Å². The van der Waals surface area contributed by atoms with Crippen molar-refractivity contribution in [3.63, 3.8) is 0 Å². The summed E-state index contributed by atoms with van der Waals surface area (Å²) < 4.78 is 0. The molecular formula is C26H26N2O2S2. The molecule has 0 spiro atoms. The second kappa shape index (κ2) is 7.70. The summed E-state index contributed by atoms with van der Waals surface area (Å²) in [5.74, 6) is -0.0441. The zero-order valence-electron chi connectivity index (χ0n) is 18.1. The van der Waals surface area contributed by atoms with Gasteiger partial charge in [0, 0.05) is 45.1 Å². The van der Waals surface area contributed by atoms with Gasteiger partial charge in [-0.2, -0.15) is 0 Å². The third kappa shape index (κ3) is 2.85. The SMILES string of the molecule is O=C1c2ccc3c4c(ccc(c24)C(=S)N1C1CCCCC1)C(=O)N(C1CCCCC1)C3=S. The summed E-state index contributed by atoms with van der Waals surface area (Å²) in [6.45, 7) is 0. The van der Waals surface area contributed by atoms with Crippen molar-refractivity contribution in [2.75, 3.05) is 0 Å². The van der Waals surface area contributed by atoms with Crippen LogP contribution in [-0.4, -0.2) is 43.7 Å². The van der Waals surface area contributed by atoms with Gasteiger partial charge in [0.25, 0.3) is 11.8 Å². The highest BCUT2D eigenvalue weighted by atomic mass is 32.1. The number of carbonyl (C=O) groups is 2. The molecule has 6 rings (SSSR count). The van der Waals surface area contributed by atoms with E-state index < -0.39 is 0 Å². The number of benzene rings is 2. The third-order valence-corrected chi connectivity index (χ3v) is 8.67. The van der Waals surface area contributed by atoms with Gasteiger partial charge in [-0.25, -0.2) is 0 Å². The molecule has 0 saturated heterocycles. The van der Waals surface area contributed by atoms with Crippen LogP contribution in [0.5, 0.6) is 0 Å². The first kappa shape index (κ1) is 20.4. The molecule has 0 unspecified atom stereocenters. The predicted molar refractivity (Wildman–Crippen MR) is 133 cm³/mol. The highest BCUT2D eigenvalue weighted by molar-refractivity contribution is 7.81. The van der Waals surface area contributed by atoms with Crippen molar-refractivity contribution in [3.8, 4) is 0 Å². The van der Waals surface area contributed by atoms with Gasteiger partial charge in [0.05, 0.1) is 0 Å². The first-order chi connectivity index (χ1) is 15.6. The van der Waals surface area contributed by atoms with Crippen molar-refractivity contribution in [2.45, 2.75) is 76.3 Å². The lowest BCUT2D eigenvalue weighted by Gasteiger charge is -2.40. The van der Waals surface area contributed by atoms with Crippen LogP contribution in [0.2, 0.25) is 0 Å². The molecule has 164 valence electrons. The van der Waals surface area contributed by atoms with Crippen molar-refractivity contribution in [2.24, 2.45) is 0 Å². The molecule has 4 aliphatic rings. The topological polar surface area (TPSA) is 40.6 Å². The Morgan fingerprint density at radius 3 is 1.28 bits per heavy atom. The van der Waals surface area contributed by atoms with Crippen LogP contribution >= 0.6 is 24.4 Å². The van der Waals surface area contributed by atoms with E-state index in [1.54, 1.807) is 0 Å². The molecule has 0 bridgehead atoms. The Morgan fingerprint density at radius 1 is 0.562 bits per heavy atom. The number of rotatable bonds is 2. The first-order valence-electron chi connectivity index (χ1n) is 11.9. The standard InChI is InChI=1S/C26H26N2O2S2/c29-23-17-11-14-20-22-18(24(30)28(26(20)32)16-9-5-2-6-10-16)12-13-19(21(17)22)25(31)27(23)15-7-3-1-4-8-15/h11-16H,1-10H2. The maximum absolute atomic E-state index is 13.6. The lowest BCUT2D eigenvalue weighted by Crippen LogP contribution is -2.49. The Morgan fingerprint density at radius 2 is 0.906 bits per heavy atom. The van der Waals surface area contributed by atoms with E-state index in [1.165, 1.54) is 12.8 Å². The maximum atomic E-state index is 13.6. The Labute approximate surface area is 198 Å². The molecule has 0 atom stereocenters. The summed E-state index contributed by atoms with van der Waals surface area (Å²) >= 11 is 11.8. The molecule has 0 aromatic heterocycles. The minimum atomic E-state index is -0.0221. The number of hydrogen-bond acceptors (Lipinski definition) is 4. The van der Waals surface area contributed by atoms with Gasteiger partial charge in [-0.05, 0) is 37.8 Å². The van der Waals surface area contributed by atoms with Crippen molar-refractivity contribution in [3.05, 3.63) is 46.5 Å². The van der Waals surface area contributed by atoms with Gasteiger partial charge in [-0.1, -0.05) is 75.1 Å². The molecule has 6 heteroatoms. The fraction of sp³-hybridized carbons (Fsp3) is 0.462. The fourth-order valence-electron chi connectivity index (χ4n) is 6.25. The maximum Gasteiger partial charge on any atom is 0.259 e. The van der Waals surface area contributed by atoms with Gasteiger partial charge in [-0.15, -0.1) is 0 Å². The Bertz CT molecular complexity index is 1030. The van der Waals surface area contributed by atoms with Gasteiger partial charge < -0.3 is 0 Å². The van der Waals surface area contributed by atoms with E-state index in [4.69, 9.17) is 24.4 Å². The largest absolute Gasteiger partial charge is 0.295 e. The lowest BCUT2D eigenvalue weighted by molar-refractivity contribution is 0.0768. The van der Waals surface area contributed by atoms with Crippen LogP contribution in [0.3, 0.4) is 0 Å². The van der Waals surface area contributed by atoms with Gasteiger partial charge in [0.1, 0.15) is 9.98 Å². The van der Waals surface area contributed by atoms with Crippen LogP contribution in [0.1, 0.15) is 96.1 Å². The molecule has 2 aromatic rings. The molecule has 2 fully saturated rings. The normalized spacial score (nSPS) is 22.2. The van der Waals surface area contributed by atoms with Gasteiger partial charge >= 0.3 is 0 Å². The molecule has 32 heavy (non-hydrogen) atoms. The van der Waals surface area contributed by atoms with Crippen LogP contribution in [-0.2, 0) is 0 Å². The van der Waals surface area contributed by atoms with Crippen molar-refractivity contribution in [1.82, 2.24) is 9.80 Å². The van der Waals surface area contributed by atoms with Crippen LogP contribution < -0.4 is 0 Å². The van der Waals surface area contributed by atoms with Gasteiger partial charge in [0.15, 0.2) is 0 Å². The summed E-state index contributed by atoms with van der Waals surface area (Å²) in [6.07, 6.45) is 11.0. The summed E-state index contributed by atoms with van der Waals surface area (Å²) in [5, 5.41) is 1.64.